The monoisotopic (exact) mass is 488 g/mol. The quantitative estimate of drug-likeness (QED) is 0.326. The van der Waals surface area contributed by atoms with Gasteiger partial charge in [-0.25, -0.2) is 6.08 Å². The van der Waals surface area contributed by atoms with Crippen molar-refractivity contribution in [3.63, 3.8) is 0 Å². The Labute approximate surface area is 197 Å². The molecule has 0 amide bonds. The Morgan fingerprint density at radius 1 is 0.964 bits per heavy atom. The maximum Gasteiger partial charge on any atom is -0.0809 e. The average molecular weight is 491 g/mol. The van der Waals surface area contributed by atoms with Gasteiger partial charge in [0, 0.05) is 0 Å². The molecule has 0 unspecified atom stereocenters. The summed E-state index contributed by atoms with van der Waals surface area (Å²) in [4.78, 5) is 0. The first-order valence-corrected chi connectivity index (χ1v) is 10.3. The summed E-state index contributed by atoms with van der Waals surface area (Å²) in [5.74, 6) is 0.685. The minimum Gasteiger partial charge on any atom is -0.168 e. The van der Waals surface area contributed by atoms with Crippen LogP contribution in [0.2, 0.25) is 0 Å². The van der Waals surface area contributed by atoms with Crippen LogP contribution in [0.5, 0.6) is 0 Å². The molecule has 0 saturated carbocycles. The van der Waals surface area contributed by atoms with Crippen LogP contribution in [-0.4, -0.2) is 3.21 Å². The van der Waals surface area contributed by atoms with Crippen LogP contribution in [0.15, 0.2) is 90.5 Å². The fourth-order valence-corrected chi connectivity index (χ4v) is 2.98. The van der Waals surface area contributed by atoms with Crippen molar-refractivity contribution in [2.24, 2.45) is 5.92 Å². The van der Waals surface area contributed by atoms with E-state index in [0.717, 1.165) is 6.42 Å². The third kappa shape index (κ3) is 9.37. The van der Waals surface area contributed by atoms with Crippen molar-refractivity contribution in [1.82, 2.24) is 0 Å². The first kappa shape index (κ1) is 26.9. The molecule has 0 aromatic heterocycles. The van der Waals surface area contributed by atoms with E-state index in [1.165, 1.54) is 49.4 Å². The Kier molecular flexibility index (Phi) is 14.2. The predicted molar refractivity (Wildman–Crippen MR) is 126 cm³/mol. The average Bonchev–Trinajstić information content (AvgIpc) is 3.35. The number of benzene rings is 2. The van der Waals surface area contributed by atoms with Crippen molar-refractivity contribution >= 4 is 38.8 Å². The molecule has 4 rings (SSSR count). The number of rotatable bonds is 2. The van der Waals surface area contributed by atoms with Gasteiger partial charge < -0.3 is 0 Å². The van der Waals surface area contributed by atoms with Gasteiger partial charge in [0.1, 0.15) is 0 Å². The summed E-state index contributed by atoms with van der Waals surface area (Å²) in [6.07, 6.45) is 8.47. The fraction of sp³-hybridized carbons (Fsp3) is 0.200. The number of hydrogen-bond donors (Lipinski definition) is 0. The van der Waals surface area contributed by atoms with Gasteiger partial charge >= 0.3 is 70.3 Å². The van der Waals surface area contributed by atoms with Crippen LogP contribution in [0.25, 0.3) is 10.8 Å². The molecule has 0 fully saturated rings. The Hall–Kier alpha value is -1.14. The summed E-state index contributed by atoms with van der Waals surface area (Å²) in [5, 5.41) is 2.66. The van der Waals surface area contributed by atoms with Crippen molar-refractivity contribution in [1.29, 1.82) is 0 Å². The number of fused-ring (bicyclic) bond motifs is 1. The molecule has 0 heterocycles. The molecule has 3 heteroatoms. The Balaban J connectivity index is 0.000000378. The molecule has 0 N–H and O–H groups in total. The summed E-state index contributed by atoms with van der Waals surface area (Å²) < 4.78 is 1.46. The Bertz CT molecular complexity index is 843. The molecule has 28 heavy (non-hydrogen) atoms. The van der Waals surface area contributed by atoms with Gasteiger partial charge in [0.05, 0.1) is 0 Å². The molecule has 0 bridgehead atoms. The molecular formula is C25H28Cl2Zr. The van der Waals surface area contributed by atoms with Gasteiger partial charge in [-0.1, -0.05) is 25.8 Å². The Morgan fingerprint density at radius 2 is 1.61 bits per heavy atom. The van der Waals surface area contributed by atoms with Crippen molar-refractivity contribution in [3.8, 4) is 0 Å². The minimum atomic E-state index is 0. The SMILES string of the molecule is CC(C)C1=CC[C-]=C1.C[C](=[Zr+2])c1ccccc1.Cl.Cl.c1ccc2[cH-]ccc2c1. The van der Waals surface area contributed by atoms with E-state index in [1.807, 2.05) is 6.07 Å². The number of hydrogen-bond acceptors (Lipinski definition) is 0. The second-order valence-corrected chi connectivity index (χ2v) is 8.40. The molecule has 0 spiro atoms. The molecular weight excluding hydrogens is 462 g/mol. The fourth-order valence-electron chi connectivity index (χ4n) is 2.57. The van der Waals surface area contributed by atoms with Gasteiger partial charge in [0.25, 0.3) is 0 Å². The van der Waals surface area contributed by atoms with Gasteiger partial charge in [-0.2, -0.15) is 29.2 Å². The molecule has 1 aliphatic rings. The van der Waals surface area contributed by atoms with Crippen LogP contribution in [0.1, 0.15) is 32.8 Å². The predicted octanol–water partition coefficient (Wildman–Crippen LogP) is 7.51. The largest absolute Gasteiger partial charge is 0.168 e. The second kappa shape index (κ2) is 14.8. The molecule has 0 aliphatic heterocycles. The van der Waals surface area contributed by atoms with Gasteiger partial charge in [-0.3, -0.25) is 6.08 Å². The zero-order valence-electron chi connectivity index (χ0n) is 16.7. The van der Waals surface area contributed by atoms with E-state index in [1.54, 1.807) is 0 Å². The summed E-state index contributed by atoms with van der Waals surface area (Å²) in [5.41, 5.74) is 2.81. The third-order valence-corrected chi connectivity index (χ3v) is 4.85. The van der Waals surface area contributed by atoms with Crippen molar-refractivity contribution in [3.05, 3.63) is 102 Å². The molecule has 0 radical (unpaired) electrons. The van der Waals surface area contributed by atoms with Crippen LogP contribution in [-0.2, 0) is 24.2 Å². The first-order valence-electron chi connectivity index (χ1n) is 9.05. The molecule has 1 aliphatic carbocycles. The van der Waals surface area contributed by atoms with Gasteiger partial charge in [0.15, 0.2) is 0 Å². The van der Waals surface area contributed by atoms with Crippen molar-refractivity contribution in [2.45, 2.75) is 27.2 Å². The van der Waals surface area contributed by atoms with Gasteiger partial charge in [-0.05, 0) is 0 Å². The smallest absolute Gasteiger partial charge is 0.0809 e. The third-order valence-electron chi connectivity index (χ3n) is 4.15. The van der Waals surface area contributed by atoms with Crippen LogP contribution in [0, 0.1) is 12.0 Å². The molecule has 3 aromatic rings. The molecule has 146 valence electrons. The van der Waals surface area contributed by atoms with E-state index in [4.69, 9.17) is 0 Å². The van der Waals surface area contributed by atoms with E-state index < -0.39 is 0 Å². The van der Waals surface area contributed by atoms with E-state index in [2.05, 4.69) is 106 Å². The summed E-state index contributed by atoms with van der Waals surface area (Å²) >= 11 is 1.51. The Morgan fingerprint density at radius 3 is 2.07 bits per heavy atom. The summed E-state index contributed by atoms with van der Waals surface area (Å²) in [6.45, 7) is 6.57. The summed E-state index contributed by atoms with van der Waals surface area (Å²) in [6, 6.07) is 25.1. The standard InChI is InChI=1S/C9H7.C8H11.C8H8.2ClH.Zr/c1-2-5-9-7-3-6-8(9)4-1;1-7(2)8-5-3-4-6-8;1-2-8-6-4-3-5-7-8;;;/h1-7H;5-7H,3H2,1-2H3;3-7H,1H3;2*1H;/q2*-1;;;;+2. The first-order chi connectivity index (χ1) is 12.6. The topological polar surface area (TPSA) is 0 Å². The van der Waals surface area contributed by atoms with Crippen LogP contribution >= 0.6 is 24.8 Å². The summed E-state index contributed by atoms with van der Waals surface area (Å²) in [7, 11) is 0. The van der Waals surface area contributed by atoms with E-state index in [-0.39, 0.29) is 24.8 Å². The molecule has 0 nitrogen and oxygen atoms in total. The van der Waals surface area contributed by atoms with Crippen molar-refractivity contribution in [2.75, 3.05) is 0 Å². The second-order valence-electron chi connectivity index (χ2n) is 6.56. The van der Waals surface area contributed by atoms with Crippen molar-refractivity contribution < 1.29 is 24.2 Å². The minimum absolute atomic E-state index is 0. The molecule has 0 saturated heterocycles. The van der Waals surface area contributed by atoms with E-state index in [9.17, 15) is 0 Å². The number of halogens is 2. The zero-order valence-corrected chi connectivity index (χ0v) is 20.8. The van der Waals surface area contributed by atoms with Crippen LogP contribution in [0.3, 0.4) is 0 Å². The molecule has 3 aromatic carbocycles. The van der Waals surface area contributed by atoms with Gasteiger partial charge in [0.2, 0.25) is 0 Å². The van der Waals surface area contributed by atoms with E-state index in [0.29, 0.717) is 5.92 Å². The normalized spacial score (nSPS) is 11.3. The van der Waals surface area contributed by atoms with Crippen LogP contribution in [0.4, 0.5) is 0 Å². The molecule has 0 atom stereocenters. The number of allylic oxidation sites excluding steroid dienone is 4. The van der Waals surface area contributed by atoms with Crippen LogP contribution < -0.4 is 0 Å². The maximum atomic E-state index is 3.14. The zero-order chi connectivity index (χ0) is 18.8. The van der Waals surface area contributed by atoms with Gasteiger partial charge in [-0.15, -0.1) is 60.9 Å². The van der Waals surface area contributed by atoms with E-state index >= 15 is 0 Å². The maximum absolute atomic E-state index is 3.14.